The Morgan fingerprint density at radius 1 is 1.04 bits per heavy atom. The first-order valence-corrected chi connectivity index (χ1v) is 9.31. The zero-order chi connectivity index (χ0) is 17.2. The SMILES string of the molecule is O=C(C1CCN(c2ncccc2Cl)CC1)N1CCc2ccccc2C1. The molecule has 4 rings (SSSR count). The van der Waals surface area contributed by atoms with E-state index in [-0.39, 0.29) is 5.92 Å². The van der Waals surface area contributed by atoms with Gasteiger partial charge in [-0.05, 0) is 42.5 Å². The topological polar surface area (TPSA) is 36.4 Å². The van der Waals surface area contributed by atoms with E-state index in [9.17, 15) is 4.79 Å². The molecular formula is C20H22ClN3O. The van der Waals surface area contributed by atoms with Gasteiger partial charge in [0.05, 0.1) is 5.02 Å². The second kappa shape index (κ2) is 7.04. The average molecular weight is 356 g/mol. The first kappa shape index (κ1) is 16.4. The minimum Gasteiger partial charge on any atom is -0.355 e. The molecule has 2 aliphatic rings. The van der Waals surface area contributed by atoms with Crippen LogP contribution in [-0.2, 0) is 17.8 Å². The van der Waals surface area contributed by atoms with Gasteiger partial charge in [0, 0.05) is 38.3 Å². The van der Waals surface area contributed by atoms with Crippen molar-refractivity contribution in [2.75, 3.05) is 24.5 Å². The van der Waals surface area contributed by atoms with E-state index in [0.29, 0.717) is 10.9 Å². The number of hydrogen-bond donors (Lipinski definition) is 0. The summed E-state index contributed by atoms with van der Waals surface area (Å²) in [5.41, 5.74) is 2.67. The molecule has 0 bridgehead atoms. The van der Waals surface area contributed by atoms with Gasteiger partial charge in [0.25, 0.3) is 0 Å². The van der Waals surface area contributed by atoms with Gasteiger partial charge in [-0.15, -0.1) is 0 Å². The summed E-state index contributed by atoms with van der Waals surface area (Å²) in [5, 5.41) is 0.680. The molecule has 1 fully saturated rings. The fourth-order valence-electron chi connectivity index (χ4n) is 3.89. The third-order valence-corrected chi connectivity index (χ3v) is 5.62. The van der Waals surface area contributed by atoms with Gasteiger partial charge in [-0.25, -0.2) is 4.98 Å². The third-order valence-electron chi connectivity index (χ3n) is 5.33. The van der Waals surface area contributed by atoms with Crippen LogP contribution in [0.1, 0.15) is 24.0 Å². The van der Waals surface area contributed by atoms with Crippen LogP contribution in [0.4, 0.5) is 5.82 Å². The summed E-state index contributed by atoms with van der Waals surface area (Å²) in [5.74, 6) is 1.26. The van der Waals surface area contributed by atoms with Gasteiger partial charge in [0.15, 0.2) is 0 Å². The highest BCUT2D eigenvalue weighted by Crippen LogP contribution is 2.29. The number of hydrogen-bond acceptors (Lipinski definition) is 3. The van der Waals surface area contributed by atoms with Crippen LogP contribution in [0, 0.1) is 5.92 Å². The Morgan fingerprint density at radius 2 is 1.80 bits per heavy atom. The largest absolute Gasteiger partial charge is 0.355 e. The summed E-state index contributed by atoms with van der Waals surface area (Å²) in [4.78, 5) is 21.6. The van der Waals surface area contributed by atoms with Crippen molar-refractivity contribution in [3.63, 3.8) is 0 Å². The normalized spacial score (nSPS) is 18.1. The maximum Gasteiger partial charge on any atom is 0.226 e. The standard InChI is InChI=1S/C20H22ClN3O/c21-18-6-3-10-22-19(18)23-11-8-16(9-12-23)20(25)24-13-7-15-4-1-2-5-17(15)14-24/h1-6,10,16H,7-9,11-14H2. The van der Waals surface area contributed by atoms with Gasteiger partial charge < -0.3 is 9.80 Å². The molecule has 5 heteroatoms. The summed E-state index contributed by atoms with van der Waals surface area (Å²) in [6, 6.07) is 12.2. The number of piperidine rings is 1. The number of carbonyl (C=O) groups is 1. The van der Waals surface area contributed by atoms with Gasteiger partial charge in [-0.2, -0.15) is 0 Å². The van der Waals surface area contributed by atoms with Crippen molar-refractivity contribution < 1.29 is 4.79 Å². The van der Waals surface area contributed by atoms with E-state index >= 15 is 0 Å². The summed E-state index contributed by atoms with van der Waals surface area (Å²) in [6.07, 6.45) is 4.46. The summed E-state index contributed by atoms with van der Waals surface area (Å²) >= 11 is 6.25. The minimum atomic E-state index is 0.115. The zero-order valence-electron chi connectivity index (χ0n) is 14.2. The number of halogens is 1. The lowest BCUT2D eigenvalue weighted by molar-refractivity contribution is -0.137. The molecule has 25 heavy (non-hydrogen) atoms. The number of pyridine rings is 1. The highest BCUT2D eigenvalue weighted by molar-refractivity contribution is 6.32. The van der Waals surface area contributed by atoms with Gasteiger partial charge in [-0.1, -0.05) is 35.9 Å². The minimum absolute atomic E-state index is 0.115. The number of benzene rings is 1. The van der Waals surface area contributed by atoms with Crippen LogP contribution in [-0.4, -0.2) is 35.4 Å². The maximum absolute atomic E-state index is 12.9. The molecule has 130 valence electrons. The number of anilines is 1. The molecule has 1 saturated heterocycles. The molecule has 0 aliphatic carbocycles. The molecule has 0 atom stereocenters. The molecule has 0 spiro atoms. The lowest BCUT2D eigenvalue weighted by atomic mass is 9.93. The van der Waals surface area contributed by atoms with Crippen molar-refractivity contribution in [3.05, 3.63) is 58.7 Å². The number of amides is 1. The molecule has 0 unspecified atom stereocenters. The van der Waals surface area contributed by atoms with Gasteiger partial charge in [-0.3, -0.25) is 4.79 Å². The molecule has 0 saturated carbocycles. The average Bonchev–Trinajstić information content (AvgIpc) is 2.67. The van der Waals surface area contributed by atoms with Crippen molar-refractivity contribution in [2.24, 2.45) is 5.92 Å². The Labute approximate surface area is 153 Å². The van der Waals surface area contributed by atoms with Crippen LogP contribution in [0.5, 0.6) is 0 Å². The van der Waals surface area contributed by atoms with E-state index in [0.717, 1.165) is 51.3 Å². The molecule has 1 amide bonds. The molecule has 0 N–H and O–H groups in total. The first-order valence-electron chi connectivity index (χ1n) is 8.93. The van der Waals surface area contributed by atoms with E-state index in [1.165, 1.54) is 11.1 Å². The van der Waals surface area contributed by atoms with E-state index < -0.39 is 0 Å². The predicted octanol–water partition coefficient (Wildman–Crippen LogP) is 3.54. The van der Waals surface area contributed by atoms with E-state index in [1.54, 1.807) is 6.20 Å². The summed E-state index contributed by atoms with van der Waals surface area (Å²) < 4.78 is 0. The molecular weight excluding hydrogens is 334 g/mol. The third kappa shape index (κ3) is 3.36. The zero-order valence-corrected chi connectivity index (χ0v) is 15.0. The van der Waals surface area contributed by atoms with Crippen molar-refractivity contribution in [1.82, 2.24) is 9.88 Å². The Morgan fingerprint density at radius 3 is 2.56 bits per heavy atom. The van der Waals surface area contributed by atoms with Crippen LogP contribution in [0.2, 0.25) is 5.02 Å². The molecule has 4 nitrogen and oxygen atoms in total. The number of rotatable bonds is 2. The van der Waals surface area contributed by atoms with Crippen molar-refractivity contribution in [3.8, 4) is 0 Å². The Balaban J connectivity index is 1.38. The number of aromatic nitrogens is 1. The van der Waals surface area contributed by atoms with Crippen LogP contribution in [0.15, 0.2) is 42.6 Å². The van der Waals surface area contributed by atoms with Crippen LogP contribution in [0.25, 0.3) is 0 Å². The van der Waals surface area contributed by atoms with Crippen LogP contribution in [0.3, 0.4) is 0 Å². The molecule has 3 heterocycles. The Kier molecular flexibility index (Phi) is 4.62. The summed E-state index contributed by atoms with van der Waals surface area (Å²) in [6.45, 7) is 3.25. The molecule has 1 aromatic heterocycles. The van der Waals surface area contributed by atoms with E-state index in [2.05, 4.69) is 34.1 Å². The Bertz CT molecular complexity index is 771. The van der Waals surface area contributed by atoms with Gasteiger partial charge >= 0.3 is 0 Å². The second-order valence-electron chi connectivity index (χ2n) is 6.85. The van der Waals surface area contributed by atoms with Crippen LogP contribution < -0.4 is 4.90 Å². The monoisotopic (exact) mass is 355 g/mol. The van der Waals surface area contributed by atoms with Gasteiger partial charge in [0.2, 0.25) is 5.91 Å². The first-order chi connectivity index (χ1) is 12.2. The van der Waals surface area contributed by atoms with Gasteiger partial charge in [0.1, 0.15) is 5.82 Å². The number of carbonyl (C=O) groups excluding carboxylic acids is 1. The molecule has 2 aromatic rings. The quantitative estimate of drug-likeness (QED) is 0.826. The van der Waals surface area contributed by atoms with E-state index in [4.69, 9.17) is 11.6 Å². The van der Waals surface area contributed by atoms with E-state index in [1.807, 2.05) is 17.0 Å². The fourth-order valence-corrected chi connectivity index (χ4v) is 4.13. The number of nitrogens with zero attached hydrogens (tertiary/aromatic N) is 3. The second-order valence-corrected chi connectivity index (χ2v) is 7.26. The van der Waals surface area contributed by atoms with Crippen LogP contribution >= 0.6 is 11.6 Å². The fraction of sp³-hybridized carbons (Fsp3) is 0.400. The van der Waals surface area contributed by atoms with Crippen molar-refractivity contribution >= 4 is 23.3 Å². The predicted molar refractivity (Wildman–Crippen MR) is 99.7 cm³/mol. The van der Waals surface area contributed by atoms with Crippen molar-refractivity contribution in [2.45, 2.75) is 25.8 Å². The van der Waals surface area contributed by atoms with Crippen molar-refractivity contribution in [1.29, 1.82) is 0 Å². The number of fused-ring (bicyclic) bond motifs is 1. The molecule has 2 aliphatic heterocycles. The summed E-state index contributed by atoms with van der Waals surface area (Å²) in [7, 11) is 0. The molecule has 0 radical (unpaired) electrons. The maximum atomic E-state index is 12.9. The smallest absolute Gasteiger partial charge is 0.226 e. The highest BCUT2D eigenvalue weighted by atomic mass is 35.5. The Hall–Kier alpha value is -2.07. The lowest BCUT2D eigenvalue weighted by Crippen LogP contribution is -2.44. The molecule has 1 aromatic carbocycles. The lowest BCUT2D eigenvalue weighted by Gasteiger charge is -2.36. The highest BCUT2D eigenvalue weighted by Gasteiger charge is 2.31.